The molecule has 0 radical (unpaired) electrons. The third-order valence-electron chi connectivity index (χ3n) is 1.39. The van der Waals surface area contributed by atoms with Gasteiger partial charge in [0.05, 0.1) is 6.20 Å². The van der Waals surface area contributed by atoms with Crippen LogP contribution in [0.15, 0.2) is 6.20 Å². The van der Waals surface area contributed by atoms with E-state index in [-0.39, 0.29) is 11.5 Å². The molecule has 0 unspecified atom stereocenters. The van der Waals surface area contributed by atoms with Crippen molar-refractivity contribution in [1.82, 2.24) is 9.97 Å². The smallest absolute Gasteiger partial charge is 0.342 e. The highest BCUT2D eigenvalue weighted by Gasteiger charge is 2.12. The molecule has 0 aliphatic rings. The van der Waals surface area contributed by atoms with Crippen LogP contribution < -0.4 is 4.90 Å². The highest BCUT2D eigenvalue weighted by molar-refractivity contribution is 5.89. The van der Waals surface area contributed by atoms with Crippen molar-refractivity contribution in [2.24, 2.45) is 0 Å². The van der Waals surface area contributed by atoms with Gasteiger partial charge in [-0.2, -0.15) is 4.98 Å². The van der Waals surface area contributed by atoms with Crippen LogP contribution in [0.4, 0.5) is 5.95 Å². The van der Waals surface area contributed by atoms with Crippen LogP contribution in [0.2, 0.25) is 0 Å². The molecule has 0 bridgehead atoms. The lowest BCUT2D eigenvalue weighted by molar-refractivity contribution is 0.0692. The minimum Gasteiger partial charge on any atom is -0.493 e. The van der Waals surface area contributed by atoms with E-state index in [1.807, 2.05) is 0 Å². The monoisotopic (exact) mass is 183 g/mol. The zero-order valence-corrected chi connectivity index (χ0v) is 7.22. The first-order valence-corrected chi connectivity index (χ1v) is 3.49. The molecule has 0 aliphatic heterocycles. The number of hydrogen-bond acceptors (Lipinski definition) is 5. The molecule has 0 aromatic carbocycles. The SMILES string of the molecule is CN(C)c1ncc(C(=O)O)c(O)n1. The minimum absolute atomic E-state index is 0.266. The maximum Gasteiger partial charge on any atom is 0.342 e. The van der Waals surface area contributed by atoms with Crippen LogP contribution in [-0.4, -0.2) is 40.2 Å². The van der Waals surface area contributed by atoms with Gasteiger partial charge in [0.1, 0.15) is 5.56 Å². The molecule has 0 aliphatic carbocycles. The summed E-state index contributed by atoms with van der Waals surface area (Å²) < 4.78 is 0. The van der Waals surface area contributed by atoms with Crippen LogP contribution >= 0.6 is 0 Å². The van der Waals surface area contributed by atoms with Gasteiger partial charge in [0, 0.05) is 14.1 Å². The number of carbonyl (C=O) groups is 1. The number of nitrogens with zero attached hydrogens (tertiary/aromatic N) is 3. The van der Waals surface area contributed by atoms with Crippen LogP contribution in [0.3, 0.4) is 0 Å². The standard InChI is InChI=1S/C7H9N3O3/c1-10(2)7-8-3-4(6(12)13)5(11)9-7/h3H,1-2H3,(H,12,13)(H,8,9,11). The van der Waals surface area contributed by atoms with Crippen LogP contribution in [0, 0.1) is 0 Å². The van der Waals surface area contributed by atoms with Gasteiger partial charge in [-0.3, -0.25) is 0 Å². The number of hydrogen-bond donors (Lipinski definition) is 2. The summed E-state index contributed by atoms with van der Waals surface area (Å²) >= 11 is 0. The van der Waals surface area contributed by atoms with Crippen molar-refractivity contribution < 1.29 is 15.0 Å². The summed E-state index contributed by atoms with van der Waals surface area (Å²) in [5.74, 6) is -1.50. The van der Waals surface area contributed by atoms with E-state index in [4.69, 9.17) is 10.2 Å². The van der Waals surface area contributed by atoms with Gasteiger partial charge in [0.15, 0.2) is 0 Å². The number of carboxylic acids is 1. The fourth-order valence-corrected chi connectivity index (χ4v) is 0.730. The quantitative estimate of drug-likeness (QED) is 0.668. The fraction of sp³-hybridized carbons (Fsp3) is 0.286. The summed E-state index contributed by atoms with van der Waals surface area (Å²) in [7, 11) is 3.38. The van der Waals surface area contributed by atoms with Crippen molar-refractivity contribution in [3.05, 3.63) is 11.8 Å². The van der Waals surface area contributed by atoms with Gasteiger partial charge in [0.2, 0.25) is 11.8 Å². The van der Waals surface area contributed by atoms with Crippen molar-refractivity contribution in [2.45, 2.75) is 0 Å². The van der Waals surface area contributed by atoms with Gasteiger partial charge < -0.3 is 15.1 Å². The van der Waals surface area contributed by atoms with E-state index in [9.17, 15) is 4.79 Å². The van der Waals surface area contributed by atoms with E-state index >= 15 is 0 Å². The van der Waals surface area contributed by atoms with Crippen molar-refractivity contribution in [3.8, 4) is 5.88 Å². The first-order valence-electron chi connectivity index (χ1n) is 3.49. The molecule has 0 saturated heterocycles. The first kappa shape index (κ1) is 9.24. The second-order valence-corrected chi connectivity index (χ2v) is 2.61. The van der Waals surface area contributed by atoms with E-state index in [0.717, 1.165) is 6.20 Å². The Morgan fingerprint density at radius 2 is 2.15 bits per heavy atom. The maximum atomic E-state index is 10.4. The average molecular weight is 183 g/mol. The van der Waals surface area contributed by atoms with Gasteiger partial charge >= 0.3 is 5.97 Å². The summed E-state index contributed by atoms with van der Waals surface area (Å²) in [6, 6.07) is 0. The number of carboxylic acid groups (broad SMARTS) is 1. The summed E-state index contributed by atoms with van der Waals surface area (Å²) in [6.07, 6.45) is 1.07. The van der Waals surface area contributed by atoms with E-state index in [2.05, 4.69) is 9.97 Å². The van der Waals surface area contributed by atoms with Crippen molar-refractivity contribution >= 4 is 11.9 Å². The third-order valence-corrected chi connectivity index (χ3v) is 1.39. The predicted molar refractivity (Wildman–Crippen MR) is 45.0 cm³/mol. The number of aromatic nitrogens is 2. The molecule has 6 heteroatoms. The van der Waals surface area contributed by atoms with Gasteiger partial charge in [-0.15, -0.1) is 0 Å². The molecule has 1 aromatic heterocycles. The van der Waals surface area contributed by atoms with Crippen molar-refractivity contribution in [1.29, 1.82) is 0 Å². The number of aromatic hydroxyl groups is 1. The summed E-state index contributed by atoms with van der Waals surface area (Å²) in [5.41, 5.74) is -0.300. The molecular formula is C7H9N3O3. The molecule has 0 fully saturated rings. The molecule has 70 valence electrons. The molecule has 0 amide bonds. The number of rotatable bonds is 2. The maximum absolute atomic E-state index is 10.4. The van der Waals surface area contributed by atoms with Gasteiger partial charge in [-0.25, -0.2) is 9.78 Å². The lowest BCUT2D eigenvalue weighted by Gasteiger charge is -2.09. The Bertz CT molecular complexity index is 338. The molecule has 0 saturated carbocycles. The second-order valence-electron chi connectivity index (χ2n) is 2.61. The Kier molecular flexibility index (Phi) is 2.32. The predicted octanol–water partition coefficient (Wildman–Crippen LogP) is -0.0536. The molecule has 2 N–H and O–H groups in total. The second kappa shape index (κ2) is 3.26. The molecule has 1 rings (SSSR count). The third kappa shape index (κ3) is 1.84. The van der Waals surface area contributed by atoms with Crippen LogP contribution in [-0.2, 0) is 0 Å². The topological polar surface area (TPSA) is 86.6 Å². The van der Waals surface area contributed by atoms with Crippen LogP contribution in [0.25, 0.3) is 0 Å². The Hall–Kier alpha value is -1.85. The molecular weight excluding hydrogens is 174 g/mol. The zero-order valence-electron chi connectivity index (χ0n) is 7.22. The van der Waals surface area contributed by atoms with E-state index in [1.165, 1.54) is 0 Å². The molecule has 0 atom stereocenters. The Balaban J connectivity index is 3.13. The van der Waals surface area contributed by atoms with Gasteiger partial charge in [-0.1, -0.05) is 0 Å². The molecule has 6 nitrogen and oxygen atoms in total. The van der Waals surface area contributed by atoms with Gasteiger partial charge in [0.25, 0.3) is 0 Å². The minimum atomic E-state index is -1.25. The Morgan fingerprint density at radius 1 is 1.54 bits per heavy atom. The molecule has 1 heterocycles. The Labute approximate surface area is 74.5 Å². The summed E-state index contributed by atoms with van der Waals surface area (Å²) in [5, 5.41) is 17.7. The largest absolute Gasteiger partial charge is 0.493 e. The lowest BCUT2D eigenvalue weighted by atomic mass is 10.3. The van der Waals surface area contributed by atoms with E-state index in [1.54, 1.807) is 19.0 Å². The van der Waals surface area contributed by atoms with Crippen molar-refractivity contribution in [3.63, 3.8) is 0 Å². The van der Waals surface area contributed by atoms with Crippen molar-refractivity contribution in [2.75, 3.05) is 19.0 Å². The summed E-state index contributed by atoms with van der Waals surface area (Å²) in [6.45, 7) is 0. The lowest BCUT2D eigenvalue weighted by Crippen LogP contribution is -2.13. The highest BCUT2D eigenvalue weighted by atomic mass is 16.4. The highest BCUT2D eigenvalue weighted by Crippen LogP contribution is 2.15. The van der Waals surface area contributed by atoms with Crippen LogP contribution in [0.1, 0.15) is 10.4 Å². The summed E-state index contributed by atoms with van der Waals surface area (Å²) in [4.78, 5) is 19.3. The molecule has 0 spiro atoms. The molecule has 1 aromatic rings. The zero-order chi connectivity index (χ0) is 10.0. The first-order chi connectivity index (χ1) is 6.02. The Morgan fingerprint density at radius 3 is 2.54 bits per heavy atom. The number of anilines is 1. The number of aromatic carboxylic acids is 1. The average Bonchev–Trinajstić information content (AvgIpc) is 2.03. The normalized spacial score (nSPS) is 9.69. The molecule has 13 heavy (non-hydrogen) atoms. The van der Waals surface area contributed by atoms with E-state index in [0.29, 0.717) is 0 Å². The van der Waals surface area contributed by atoms with E-state index < -0.39 is 11.8 Å². The van der Waals surface area contributed by atoms with Crippen LogP contribution in [0.5, 0.6) is 5.88 Å². The van der Waals surface area contributed by atoms with Gasteiger partial charge in [-0.05, 0) is 0 Å². The fourth-order valence-electron chi connectivity index (χ4n) is 0.730.